The molecular formula is C51H87ClN12O20. The molecular weight excluding hydrogens is 1140 g/mol. The highest BCUT2D eigenvalue weighted by Crippen LogP contribution is 2.15. The fourth-order valence-corrected chi connectivity index (χ4v) is 8.40. The maximum atomic E-state index is 14.2. The van der Waals surface area contributed by atoms with Crippen molar-refractivity contribution in [2.24, 2.45) is 17.2 Å². The summed E-state index contributed by atoms with van der Waals surface area (Å²) >= 11 is 5.88. The van der Waals surface area contributed by atoms with Crippen molar-refractivity contribution in [2.75, 3.05) is 32.1 Å². The lowest BCUT2D eigenvalue weighted by Gasteiger charge is -2.29. The van der Waals surface area contributed by atoms with Crippen LogP contribution in [0, 0.1) is 0 Å². The molecule has 9 amide bonds. The lowest BCUT2D eigenvalue weighted by Crippen LogP contribution is -2.63. The number of allylic oxidation sites excluding steroid dienone is 1. The zero-order chi connectivity index (χ0) is 63.6. The quantitative estimate of drug-likeness (QED) is 0.0150. The summed E-state index contributed by atoms with van der Waals surface area (Å²) in [5, 5.41) is 92.7. The van der Waals surface area contributed by atoms with Crippen molar-refractivity contribution < 1.29 is 98.0 Å². The van der Waals surface area contributed by atoms with E-state index < -0.39 is 207 Å². The highest BCUT2D eigenvalue weighted by atomic mass is 35.5. The average Bonchev–Trinajstić information content (AvgIpc) is 3.65. The Morgan fingerprint density at radius 1 is 0.619 bits per heavy atom. The maximum absolute atomic E-state index is 14.2. The number of hydrogen-bond donors (Lipinski definition) is 19. The number of nitrogens with two attached hydrogens (primary N) is 3. The fraction of sp³-hybridized carbons (Fsp3) is 0.725. The van der Waals surface area contributed by atoms with Crippen molar-refractivity contribution in [3.05, 3.63) is 11.8 Å². The molecule has 0 spiro atoms. The standard InChI is InChI=1S/C51H87ClN12O20/c1-4-6-7-8-9-10-11-12-16-33(66)34(67)23-36(69)56-32-25-84-51(83)39(35(68)24-52)63-42(73)27(5-2)57-48(79)38(26(3)65)62-45(76)30(18-21-55)60-49(80)40(41(72)50(81)82)64-44(75)28(15-13-14-19-53)58-46(77)31(22-37(70)71)61-43(74)29(17-20-54)59-47(32)78/h5,26,28-35,38-41,65-68,72H,4,6-25,53-55H2,1-3H3,(H,56,69)(H,57,79)(H,58,77)(H,59,78)(H,60,80)(H,61,74)(H,62,76)(H,63,73)(H,64,75)(H,70,71)(H,81,82)/b27-5+/t26-,28?,29?,30-,31-,32?,33?,34?,35+,38?,39?,40?,41-/m0/s1. The van der Waals surface area contributed by atoms with Crippen molar-refractivity contribution in [2.45, 2.75) is 202 Å². The van der Waals surface area contributed by atoms with E-state index in [2.05, 4.69) is 49.5 Å². The topological polar surface area (TPSA) is 542 Å². The van der Waals surface area contributed by atoms with Gasteiger partial charge in [0.2, 0.25) is 47.3 Å². The smallest absolute Gasteiger partial charge is 0.335 e. The van der Waals surface area contributed by atoms with Crippen LogP contribution in [0.15, 0.2) is 11.8 Å². The molecule has 33 heteroatoms. The van der Waals surface area contributed by atoms with Gasteiger partial charge in [0, 0.05) is 0 Å². The number of rotatable bonds is 28. The van der Waals surface area contributed by atoms with Gasteiger partial charge in [-0.3, -0.25) is 47.9 Å². The third kappa shape index (κ3) is 27.4. The molecule has 22 N–H and O–H groups in total. The number of cyclic esters (lactones) is 1. The number of nitrogens with one attached hydrogen (secondary N) is 9. The summed E-state index contributed by atoms with van der Waals surface area (Å²) < 4.78 is 5.31. The molecule has 1 fully saturated rings. The Kier molecular flexibility index (Phi) is 36.4. The Morgan fingerprint density at radius 2 is 1.13 bits per heavy atom. The van der Waals surface area contributed by atoms with E-state index in [0.717, 1.165) is 57.9 Å². The number of aliphatic carboxylic acids is 2. The first kappa shape index (κ1) is 75.4. The number of amides is 9. The monoisotopic (exact) mass is 1220 g/mol. The first-order valence-corrected chi connectivity index (χ1v) is 28.3. The zero-order valence-corrected chi connectivity index (χ0v) is 48.2. The van der Waals surface area contributed by atoms with Crippen molar-refractivity contribution in [3.8, 4) is 0 Å². The van der Waals surface area contributed by atoms with Crippen molar-refractivity contribution >= 4 is 82.7 Å². The Bertz CT molecular complexity index is 2230. The van der Waals surface area contributed by atoms with Gasteiger partial charge in [0.05, 0.1) is 43.1 Å². The minimum Gasteiger partial charge on any atom is -0.481 e. The summed E-state index contributed by atoms with van der Waals surface area (Å²) in [6, 6.07) is -16.2. The number of hydrogen-bond acceptors (Lipinski definition) is 21. The number of carboxylic acids is 2. The number of carbonyl (C=O) groups excluding carboxylic acids is 10. The van der Waals surface area contributed by atoms with E-state index in [1.807, 2.05) is 5.32 Å². The molecule has 1 aliphatic rings. The lowest BCUT2D eigenvalue weighted by atomic mass is 10.0. The van der Waals surface area contributed by atoms with E-state index in [1.54, 1.807) is 0 Å². The number of ether oxygens (including phenoxy) is 1. The van der Waals surface area contributed by atoms with E-state index in [4.69, 9.17) is 33.5 Å². The highest BCUT2D eigenvalue weighted by molar-refractivity contribution is 6.18. The second kappa shape index (κ2) is 40.6. The molecule has 84 heavy (non-hydrogen) atoms. The molecule has 478 valence electrons. The molecule has 32 nitrogen and oxygen atoms in total. The van der Waals surface area contributed by atoms with Crippen LogP contribution < -0.4 is 65.1 Å². The summed E-state index contributed by atoms with van der Waals surface area (Å²) in [5.74, 6) is -18.1. The molecule has 0 bridgehead atoms. The fourth-order valence-electron chi connectivity index (χ4n) is 8.23. The molecule has 0 radical (unpaired) electrons. The molecule has 1 heterocycles. The third-order valence-electron chi connectivity index (χ3n) is 13.1. The summed E-state index contributed by atoms with van der Waals surface area (Å²) in [6.45, 7) is 2.41. The van der Waals surface area contributed by atoms with Gasteiger partial charge >= 0.3 is 17.9 Å². The number of aliphatic hydroxyl groups excluding tert-OH is 5. The maximum Gasteiger partial charge on any atom is 0.335 e. The van der Waals surface area contributed by atoms with E-state index in [0.29, 0.717) is 6.42 Å². The number of carboxylic acid groups (broad SMARTS) is 2. The first-order valence-electron chi connectivity index (χ1n) is 27.8. The molecule has 1 rings (SSSR count). The van der Waals surface area contributed by atoms with Gasteiger partial charge in [-0.15, -0.1) is 11.6 Å². The van der Waals surface area contributed by atoms with Gasteiger partial charge in [-0.05, 0) is 72.0 Å². The number of halogens is 1. The Labute approximate surface area is 490 Å². The molecule has 0 aliphatic carbocycles. The van der Waals surface area contributed by atoms with Crippen molar-refractivity contribution in [1.82, 2.24) is 47.9 Å². The molecule has 0 aromatic carbocycles. The first-order chi connectivity index (χ1) is 39.7. The number of esters is 1. The van der Waals surface area contributed by atoms with Crippen LogP contribution in [0.5, 0.6) is 0 Å². The summed E-state index contributed by atoms with van der Waals surface area (Å²) in [6.07, 6.45) is -4.29. The van der Waals surface area contributed by atoms with Crippen LogP contribution in [-0.4, -0.2) is 218 Å². The molecule has 1 aliphatic heterocycles. The molecule has 1 saturated heterocycles. The van der Waals surface area contributed by atoms with E-state index in [1.165, 1.54) is 6.92 Å². The minimum atomic E-state index is -2.78. The van der Waals surface area contributed by atoms with Gasteiger partial charge < -0.3 is 106 Å². The van der Waals surface area contributed by atoms with E-state index >= 15 is 0 Å². The predicted molar refractivity (Wildman–Crippen MR) is 297 cm³/mol. The van der Waals surface area contributed by atoms with Gasteiger partial charge in [0.1, 0.15) is 54.6 Å². The second-order valence-corrected chi connectivity index (χ2v) is 20.3. The number of unbranched alkanes of at least 4 members (excludes halogenated alkanes) is 8. The zero-order valence-electron chi connectivity index (χ0n) is 47.5. The predicted octanol–water partition coefficient (Wildman–Crippen LogP) is -6.19. The summed E-state index contributed by atoms with van der Waals surface area (Å²) in [4.78, 5) is 163. The molecule has 8 unspecified atom stereocenters. The van der Waals surface area contributed by atoms with Crippen molar-refractivity contribution in [1.29, 1.82) is 0 Å². The number of aliphatic hydroxyl groups is 5. The summed E-state index contributed by atoms with van der Waals surface area (Å²) in [5.41, 5.74) is 16.4. The van der Waals surface area contributed by atoms with E-state index in [9.17, 15) is 93.3 Å². The molecule has 0 aromatic rings. The van der Waals surface area contributed by atoms with Gasteiger partial charge in [-0.25, -0.2) is 9.59 Å². The van der Waals surface area contributed by atoms with Gasteiger partial charge in [-0.1, -0.05) is 64.4 Å². The Morgan fingerprint density at radius 3 is 1.65 bits per heavy atom. The molecule has 13 atom stereocenters. The molecule has 0 aromatic heterocycles. The largest absolute Gasteiger partial charge is 0.481 e. The Hall–Kier alpha value is -6.65. The summed E-state index contributed by atoms with van der Waals surface area (Å²) in [7, 11) is 0. The van der Waals surface area contributed by atoms with Gasteiger partial charge in [0.15, 0.2) is 12.1 Å². The van der Waals surface area contributed by atoms with Gasteiger partial charge in [0.25, 0.3) is 5.91 Å². The van der Waals surface area contributed by atoms with Crippen LogP contribution in [0.4, 0.5) is 0 Å². The number of carbonyl (C=O) groups is 12. The lowest BCUT2D eigenvalue weighted by molar-refractivity contribution is -0.153. The number of alkyl halides is 1. The van der Waals surface area contributed by atoms with Gasteiger partial charge in [-0.2, -0.15) is 0 Å². The highest BCUT2D eigenvalue weighted by Gasteiger charge is 2.40. The third-order valence-corrected chi connectivity index (χ3v) is 13.4. The SMILES string of the molecule is C/C=C1/NC(=O)C([C@H](C)O)NC(=O)[C@H](CCN)NC(=O)C([C@H](O)C(=O)O)NC(=O)C(CCCCN)NC(=O)[C@H](CC(=O)O)NC(=O)C(CCN)NC(=O)C(NC(=O)CC(O)C(O)CCCCCCCCCC)COC(=O)C([C@H](O)CCl)NC1=O. The van der Waals surface area contributed by atoms with Crippen LogP contribution in [0.25, 0.3) is 0 Å². The van der Waals surface area contributed by atoms with Crippen LogP contribution >= 0.6 is 11.6 Å². The minimum absolute atomic E-state index is 0.0323. The van der Waals surface area contributed by atoms with Crippen LogP contribution in [-0.2, 0) is 62.3 Å². The van der Waals surface area contributed by atoms with E-state index in [-0.39, 0.29) is 32.2 Å². The normalized spacial score (nSPS) is 24.8. The van der Waals surface area contributed by atoms with Crippen LogP contribution in [0.2, 0.25) is 0 Å². The van der Waals surface area contributed by atoms with Crippen LogP contribution in [0.1, 0.15) is 124 Å². The Balaban J connectivity index is 4.03. The second-order valence-electron chi connectivity index (χ2n) is 20.0. The average molecular weight is 1220 g/mol. The molecule has 0 saturated carbocycles. The van der Waals surface area contributed by atoms with Crippen molar-refractivity contribution in [3.63, 3.8) is 0 Å². The van der Waals surface area contributed by atoms with Crippen LogP contribution in [0.3, 0.4) is 0 Å².